The van der Waals surface area contributed by atoms with E-state index in [4.69, 9.17) is 13.8 Å². The second-order valence-corrected chi connectivity index (χ2v) is 23.1. The third-order valence-corrected chi connectivity index (χ3v) is 14.2. The van der Waals surface area contributed by atoms with Crippen LogP contribution in [0.1, 0.15) is 252 Å². The number of amides is 1. The molecule has 3 atom stereocenters. The summed E-state index contributed by atoms with van der Waals surface area (Å²) >= 11 is 0. The fourth-order valence-electron chi connectivity index (χ4n) is 8.44. The molecule has 0 spiro atoms. The molecule has 0 saturated carbocycles. The molecule has 9 nitrogen and oxygen atoms in total. The molecule has 0 rings (SSSR count). The Hall–Kier alpha value is -3.07. The first-order valence-corrected chi connectivity index (χ1v) is 32.1. The number of ether oxygens (including phenoxy) is 1. The van der Waals surface area contributed by atoms with E-state index in [1.54, 1.807) is 0 Å². The van der Waals surface area contributed by atoms with Crippen molar-refractivity contribution in [1.82, 2.24) is 5.32 Å². The van der Waals surface area contributed by atoms with Gasteiger partial charge in [0.25, 0.3) is 0 Å². The molecule has 0 aliphatic carbocycles. The number of quaternary nitrogens is 1. The quantitative estimate of drug-likeness (QED) is 0.0156. The standard InChI is InChI=1S/C65H115N2O7P/c1-7-10-13-16-19-22-25-28-30-32-33-35-37-40-43-46-49-52-55-58-65(69)74-63(56-53-50-47-44-41-38-27-24-21-18-15-12-9-3)62(61-73-75(70,71)72-60-59-67(4,5)6)66-64(68)57-54-51-48-45-42-39-36-34-31-29-26-23-20-17-14-11-8-2/h11,14,17,20,23,26,28-31,34,36,39,42,53,56,62-63H,7-10,12-13,15-16,18-19,21-22,24-25,27,32-33,35,37-38,40-41,43-52,54-55,57-61H2,1-6H3,(H-,66,68,70,71)/p+1/b14-11-,20-17+,26-23+,30-28+,31-29-,36-34+,42-39+,56-53+. The van der Waals surface area contributed by atoms with Crippen LogP contribution in [0.5, 0.6) is 0 Å². The highest BCUT2D eigenvalue weighted by Crippen LogP contribution is 2.43. The number of esters is 1. The molecule has 75 heavy (non-hydrogen) atoms. The van der Waals surface area contributed by atoms with Gasteiger partial charge in [0.05, 0.1) is 33.8 Å². The maximum atomic E-state index is 13.5. The summed E-state index contributed by atoms with van der Waals surface area (Å²) in [7, 11) is 1.45. The van der Waals surface area contributed by atoms with E-state index in [-0.39, 0.29) is 37.9 Å². The van der Waals surface area contributed by atoms with Gasteiger partial charge < -0.3 is 19.4 Å². The lowest BCUT2D eigenvalue weighted by Crippen LogP contribution is -2.47. The topological polar surface area (TPSA) is 111 Å². The van der Waals surface area contributed by atoms with Crippen LogP contribution in [0.25, 0.3) is 0 Å². The number of likely N-dealkylation sites (N-methyl/N-ethyl adjacent to an activating group) is 1. The van der Waals surface area contributed by atoms with Crippen molar-refractivity contribution in [3.05, 3.63) is 97.2 Å². The number of phosphoric ester groups is 1. The average molecular weight is 1070 g/mol. The summed E-state index contributed by atoms with van der Waals surface area (Å²) in [5.74, 6) is -0.560. The predicted octanol–water partition coefficient (Wildman–Crippen LogP) is 18.8. The number of hydrogen-bond donors (Lipinski definition) is 2. The molecule has 0 aliphatic heterocycles. The molecule has 0 heterocycles. The number of allylic oxidation sites excluding steroid dienone is 15. The van der Waals surface area contributed by atoms with E-state index in [2.05, 4.69) is 50.4 Å². The molecule has 3 unspecified atom stereocenters. The Labute approximate surface area is 462 Å². The molecule has 0 aromatic rings. The van der Waals surface area contributed by atoms with Crippen LogP contribution in [0.4, 0.5) is 0 Å². The Balaban J connectivity index is 5.39. The molecule has 0 bridgehead atoms. The number of phosphoric acid groups is 1. The Morgan fingerprint density at radius 3 is 1.33 bits per heavy atom. The summed E-state index contributed by atoms with van der Waals surface area (Å²) < 4.78 is 30.7. The van der Waals surface area contributed by atoms with Gasteiger partial charge in [-0.25, -0.2) is 4.57 Å². The molecule has 10 heteroatoms. The molecule has 2 N–H and O–H groups in total. The summed E-state index contributed by atoms with van der Waals surface area (Å²) in [6.45, 7) is 6.83. The van der Waals surface area contributed by atoms with E-state index in [0.717, 1.165) is 64.2 Å². The highest BCUT2D eigenvalue weighted by Gasteiger charge is 2.30. The van der Waals surface area contributed by atoms with Crippen molar-refractivity contribution >= 4 is 19.7 Å². The summed E-state index contributed by atoms with van der Waals surface area (Å²) in [4.78, 5) is 37.7. The highest BCUT2D eigenvalue weighted by atomic mass is 31.2. The van der Waals surface area contributed by atoms with Gasteiger partial charge in [0.15, 0.2) is 0 Å². The molecule has 1 amide bonds. The van der Waals surface area contributed by atoms with Gasteiger partial charge in [0, 0.05) is 12.8 Å². The molecule has 0 fully saturated rings. The average Bonchev–Trinajstić information content (AvgIpc) is 3.37. The lowest BCUT2D eigenvalue weighted by molar-refractivity contribution is -0.870. The predicted molar refractivity (Wildman–Crippen MR) is 323 cm³/mol. The van der Waals surface area contributed by atoms with Crippen LogP contribution in [0.2, 0.25) is 0 Å². The van der Waals surface area contributed by atoms with E-state index < -0.39 is 20.0 Å². The number of carbonyl (C=O) groups excluding carboxylic acids is 2. The molecular formula is C65H116N2O7P+. The summed E-state index contributed by atoms with van der Waals surface area (Å²) in [5, 5.41) is 3.03. The zero-order chi connectivity index (χ0) is 55.0. The lowest BCUT2D eigenvalue weighted by atomic mass is 10.0. The number of hydrogen-bond acceptors (Lipinski definition) is 6. The Morgan fingerprint density at radius 1 is 0.480 bits per heavy atom. The van der Waals surface area contributed by atoms with Crippen molar-refractivity contribution in [2.75, 3.05) is 40.9 Å². The minimum absolute atomic E-state index is 0.0264. The zero-order valence-electron chi connectivity index (χ0n) is 49.3. The van der Waals surface area contributed by atoms with Crippen molar-refractivity contribution in [1.29, 1.82) is 0 Å². The van der Waals surface area contributed by atoms with Crippen molar-refractivity contribution in [3.8, 4) is 0 Å². The fourth-order valence-corrected chi connectivity index (χ4v) is 9.17. The Morgan fingerprint density at radius 2 is 0.867 bits per heavy atom. The second-order valence-electron chi connectivity index (χ2n) is 21.6. The van der Waals surface area contributed by atoms with Crippen LogP contribution >= 0.6 is 7.82 Å². The third kappa shape index (κ3) is 55.5. The molecular weight excluding hydrogens is 952 g/mol. The molecule has 432 valence electrons. The van der Waals surface area contributed by atoms with Gasteiger partial charge in [0.2, 0.25) is 5.91 Å². The molecule has 0 aromatic heterocycles. The van der Waals surface area contributed by atoms with Gasteiger partial charge in [-0.05, 0) is 76.7 Å². The molecule has 0 saturated heterocycles. The van der Waals surface area contributed by atoms with Crippen molar-refractivity contribution < 1.29 is 37.3 Å². The van der Waals surface area contributed by atoms with E-state index >= 15 is 0 Å². The van der Waals surface area contributed by atoms with Crippen LogP contribution in [-0.4, -0.2) is 74.3 Å². The minimum atomic E-state index is -4.47. The third-order valence-electron chi connectivity index (χ3n) is 13.2. The number of carbonyl (C=O) groups is 2. The smallest absolute Gasteiger partial charge is 0.456 e. The van der Waals surface area contributed by atoms with E-state index in [1.807, 2.05) is 94.1 Å². The monoisotopic (exact) mass is 1070 g/mol. The second kappa shape index (κ2) is 54.3. The van der Waals surface area contributed by atoms with Crippen molar-refractivity contribution in [2.45, 2.75) is 264 Å². The largest absolute Gasteiger partial charge is 0.472 e. The van der Waals surface area contributed by atoms with Crippen LogP contribution in [-0.2, 0) is 27.9 Å². The van der Waals surface area contributed by atoms with Gasteiger partial charge >= 0.3 is 13.8 Å². The van der Waals surface area contributed by atoms with E-state index in [0.29, 0.717) is 17.4 Å². The summed E-state index contributed by atoms with van der Waals surface area (Å²) in [6.07, 6.45) is 72.6. The van der Waals surface area contributed by atoms with Crippen LogP contribution < -0.4 is 5.32 Å². The normalized spacial score (nSPS) is 14.4. The number of nitrogens with zero attached hydrogens (tertiary/aromatic N) is 1. The SMILES string of the molecule is CC\C=C/C=C/C=C/C=C\C=C\C=C\CCCCCC(=O)NC(COP(=O)(O)OCC[N+](C)(C)C)C(/C=C/CCCCCCCCCCCCC)OC(=O)CCCCCCCCCCC/C=C/CCCCCCCC. The van der Waals surface area contributed by atoms with Gasteiger partial charge in [-0.3, -0.25) is 18.6 Å². The Kier molecular flexibility index (Phi) is 52.1. The first kappa shape index (κ1) is 71.9. The minimum Gasteiger partial charge on any atom is -0.456 e. The van der Waals surface area contributed by atoms with Gasteiger partial charge in [0.1, 0.15) is 19.3 Å². The van der Waals surface area contributed by atoms with Crippen molar-refractivity contribution in [3.63, 3.8) is 0 Å². The lowest BCUT2D eigenvalue weighted by Gasteiger charge is -2.27. The van der Waals surface area contributed by atoms with Crippen LogP contribution in [0, 0.1) is 0 Å². The van der Waals surface area contributed by atoms with Gasteiger partial charge in [-0.2, -0.15) is 0 Å². The first-order valence-electron chi connectivity index (χ1n) is 30.6. The Bertz CT molecular complexity index is 1610. The number of nitrogens with one attached hydrogen (secondary N) is 1. The zero-order valence-corrected chi connectivity index (χ0v) is 50.2. The highest BCUT2D eigenvalue weighted by molar-refractivity contribution is 7.47. The van der Waals surface area contributed by atoms with Crippen LogP contribution in [0.15, 0.2) is 97.2 Å². The van der Waals surface area contributed by atoms with Gasteiger partial charge in [-0.15, -0.1) is 0 Å². The fraction of sp³-hybridized carbons (Fsp3) is 0.723. The van der Waals surface area contributed by atoms with Gasteiger partial charge in [-0.1, -0.05) is 260 Å². The number of unbranched alkanes of at least 4 members (excludes halogenated alkanes) is 29. The molecule has 0 radical (unpaired) electrons. The number of rotatable bonds is 54. The maximum Gasteiger partial charge on any atom is 0.472 e. The summed E-state index contributed by atoms with van der Waals surface area (Å²) in [5.41, 5.74) is 0. The van der Waals surface area contributed by atoms with Crippen LogP contribution in [0.3, 0.4) is 0 Å². The van der Waals surface area contributed by atoms with Crippen molar-refractivity contribution in [2.24, 2.45) is 0 Å². The maximum absolute atomic E-state index is 13.5. The molecule has 0 aromatic carbocycles. The van der Waals surface area contributed by atoms with E-state index in [1.165, 1.54) is 148 Å². The first-order chi connectivity index (χ1) is 36.4. The van der Waals surface area contributed by atoms with E-state index in [9.17, 15) is 19.0 Å². The summed E-state index contributed by atoms with van der Waals surface area (Å²) in [6, 6.07) is -0.877. The molecule has 0 aliphatic rings.